The number of benzene rings is 2. The third-order valence-electron chi connectivity index (χ3n) is 4.50. The Bertz CT molecular complexity index is 1250. The molecule has 0 atom stereocenters. The molecule has 0 bridgehead atoms. The summed E-state index contributed by atoms with van der Waals surface area (Å²) in [5, 5.41) is 11.9. The van der Waals surface area contributed by atoms with Gasteiger partial charge in [0, 0.05) is 35.1 Å². The molecule has 8 heteroatoms. The second kappa shape index (κ2) is 8.34. The molecule has 2 heterocycles. The van der Waals surface area contributed by atoms with Gasteiger partial charge in [0.25, 0.3) is 5.91 Å². The van der Waals surface area contributed by atoms with E-state index in [1.54, 1.807) is 40.8 Å². The van der Waals surface area contributed by atoms with E-state index in [4.69, 9.17) is 11.6 Å². The maximum atomic E-state index is 12.6. The lowest BCUT2D eigenvalue weighted by atomic mass is 10.2. The average molecular weight is 420 g/mol. The summed E-state index contributed by atoms with van der Waals surface area (Å²) in [5.41, 5.74) is 2.47. The lowest BCUT2D eigenvalue weighted by molar-refractivity contribution is 0.0943. The number of para-hydroxylation sites is 1. The zero-order valence-electron chi connectivity index (χ0n) is 16.1. The average Bonchev–Trinajstić information content (AvgIpc) is 3.22. The fourth-order valence-corrected chi connectivity index (χ4v) is 3.11. The van der Waals surface area contributed by atoms with Gasteiger partial charge in [-0.3, -0.25) is 9.59 Å². The van der Waals surface area contributed by atoms with Gasteiger partial charge >= 0.3 is 0 Å². The molecule has 0 fully saturated rings. The van der Waals surface area contributed by atoms with Crippen molar-refractivity contribution in [2.24, 2.45) is 0 Å². The first-order chi connectivity index (χ1) is 14.5. The quantitative estimate of drug-likeness (QED) is 0.538. The minimum atomic E-state index is -0.538. The van der Waals surface area contributed by atoms with Crippen LogP contribution < -0.4 is 10.7 Å². The molecule has 7 nitrogen and oxygen atoms in total. The van der Waals surface area contributed by atoms with E-state index in [2.05, 4.69) is 15.5 Å². The maximum absolute atomic E-state index is 12.6. The van der Waals surface area contributed by atoms with Gasteiger partial charge in [-0.2, -0.15) is 10.2 Å². The number of nitrogens with zero attached hydrogens (tertiary/aromatic N) is 4. The summed E-state index contributed by atoms with van der Waals surface area (Å²) in [5.74, 6) is -0.538. The van der Waals surface area contributed by atoms with Crippen molar-refractivity contribution in [3.05, 3.63) is 105 Å². The topological polar surface area (TPSA) is 81.8 Å². The van der Waals surface area contributed by atoms with E-state index in [0.29, 0.717) is 10.7 Å². The highest BCUT2D eigenvalue weighted by atomic mass is 35.5. The van der Waals surface area contributed by atoms with Crippen LogP contribution >= 0.6 is 11.6 Å². The SMILES string of the molecule is Cc1cc(=O)c(C(=O)NCc2cnn(-c3ccc(Cl)cc3)c2)nn1-c1ccccc1. The first-order valence-corrected chi connectivity index (χ1v) is 9.63. The molecule has 1 N–H and O–H groups in total. The Kier molecular flexibility index (Phi) is 5.45. The largest absolute Gasteiger partial charge is 0.346 e. The molecular weight excluding hydrogens is 402 g/mol. The molecule has 1 amide bonds. The van der Waals surface area contributed by atoms with Crippen molar-refractivity contribution in [3.8, 4) is 11.4 Å². The number of hydrogen-bond acceptors (Lipinski definition) is 4. The number of carbonyl (C=O) groups is 1. The zero-order valence-corrected chi connectivity index (χ0v) is 16.9. The highest BCUT2D eigenvalue weighted by Crippen LogP contribution is 2.13. The third kappa shape index (κ3) is 4.16. The van der Waals surface area contributed by atoms with Crippen LogP contribution in [0.1, 0.15) is 21.7 Å². The van der Waals surface area contributed by atoms with E-state index in [1.165, 1.54) is 6.07 Å². The number of amides is 1. The van der Waals surface area contributed by atoms with E-state index in [1.807, 2.05) is 42.5 Å². The predicted octanol–water partition coefficient (Wildman–Crippen LogP) is 3.31. The molecule has 0 unspecified atom stereocenters. The van der Waals surface area contributed by atoms with Gasteiger partial charge in [0.05, 0.1) is 17.6 Å². The van der Waals surface area contributed by atoms with Gasteiger partial charge in [0.2, 0.25) is 5.43 Å². The van der Waals surface area contributed by atoms with E-state index < -0.39 is 11.3 Å². The Morgan fingerprint density at radius 1 is 1.07 bits per heavy atom. The van der Waals surface area contributed by atoms with Gasteiger partial charge in [-0.1, -0.05) is 29.8 Å². The molecule has 0 aliphatic carbocycles. The smallest absolute Gasteiger partial charge is 0.276 e. The fourth-order valence-electron chi connectivity index (χ4n) is 2.99. The van der Waals surface area contributed by atoms with Crippen LogP contribution in [0.2, 0.25) is 5.02 Å². The summed E-state index contributed by atoms with van der Waals surface area (Å²) in [6, 6.07) is 18.0. The fraction of sp³-hybridized carbons (Fsp3) is 0.0909. The zero-order chi connectivity index (χ0) is 21.1. The molecule has 2 aromatic heterocycles. The molecule has 0 saturated heterocycles. The Hall–Kier alpha value is -3.71. The van der Waals surface area contributed by atoms with Crippen molar-refractivity contribution in [2.45, 2.75) is 13.5 Å². The van der Waals surface area contributed by atoms with Gasteiger partial charge in [-0.05, 0) is 43.3 Å². The lowest BCUT2D eigenvalue weighted by Gasteiger charge is -2.11. The van der Waals surface area contributed by atoms with Gasteiger partial charge in [-0.15, -0.1) is 0 Å². The van der Waals surface area contributed by atoms with Crippen LogP contribution in [0.25, 0.3) is 11.4 Å². The summed E-state index contributed by atoms with van der Waals surface area (Å²) in [6.07, 6.45) is 3.45. The summed E-state index contributed by atoms with van der Waals surface area (Å²) in [4.78, 5) is 24.9. The molecule has 0 radical (unpaired) electrons. The van der Waals surface area contributed by atoms with Crippen LogP contribution in [0.3, 0.4) is 0 Å². The monoisotopic (exact) mass is 419 g/mol. The Morgan fingerprint density at radius 2 is 1.80 bits per heavy atom. The lowest BCUT2D eigenvalue weighted by Crippen LogP contribution is -2.31. The molecule has 0 aliphatic heterocycles. The van der Waals surface area contributed by atoms with E-state index in [9.17, 15) is 9.59 Å². The highest BCUT2D eigenvalue weighted by Gasteiger charge is 2.15. The minimum Gasteiger partial charge on any atom is -0.346 e. The number of rotatable bonds is 5. The van der Waals surface area contributed by atoms with Crippen LogP contribution in [-0.4, -0.2) is 25.5 Å². The van der Waals surface area contributed by atoms with Crippen molar-refractivity contribution in [2.75, 3.05) is 0 Å². The second-order valence-electron chi connectivity index (χ2n) is 6.70. The number of nitrogens with one attached hydrogen (secondary N) is 1. The summed E-state index contributed by atoms with van der Waals surface area (Å²) in [7, 11) is 0. The van der Waals surface area contributed by atoms with E-state index in [0.717, 1.165) is 16.9 Å². The number of aromatic nitrogens is 4. The van der Waals surface area contributed by atoms with Crippen molar-refractivity contribution in [1.29, 1.82) is 0 Å². The third-order valence-corrected chi connectivity index (χ3v) is 4.76. The van der Waals surface area contributed by atoms with Crippen LogP contribution in [0.5, 0.6) is 0 Å². The van der Waals surface area contributed by atoms with Crippen LogP contribution in [-0.2, 0) is 6.54 Å². The Morgan fingerprint density at radius 3 is 2.53 bits per heavy atom. The summed E-state index contributed by atoms with van der Waals surface area (Å²) in [6.45, 7) is 1.99. The van der Waals surface area contributed by atoms with E-state index >= 15 is 0 Å². The molecule has 0 saturated carbocycles. The molecule has 30 heavy (non-hydrogen) atoms. The first kappa shape index (κ1) is 19.6. The number of halogens is 1. The van der Waals surface area contributed by atoms with Gasteiger partial charge in [0.1, 0.15) is 0 Å². The normalized spacial score (nSPS) is 10.7. The van der Waals surface area contributed by atoms with Crippen LogP contribution in [0.4, 0.5) is 0 Å². The van der Waals surface area contributed by atoms with Crippen LogP contribution in [0, 0.1) is 6.92 Å². The van der Waals surface area contributed by atoms with Crippen molar-refractivity contribution >= 4 is 17.5 Å². The Labute approximate surface area is 177 Å². The highest BCUT2D eigenvalue weighted by molar-refractivity contribution is 6.30. The number of carbonyl (C=O) groups excluding carboxylic acids is 1. The van der Waals surface area contributed by atoms with Crippen molar-refractivity contribution in [3.63, 3.8) is 0 Å². The van der Waals surface area contributed by atoms with E-state index in [-0.39, 0.29) is 12.2 Å². The predicted molar refractivity (Wildman–Crippen MR) is 114 cm³/mol. The van der Waals surface area contributed by atoms with Crippen LogP contribution in [0.15, 0.2) is 77.9 Å². The number of hydrogen-bond donors (Lipinski definition) is 1. The summed E-state index contributed by atoms with van der Waals surface area (Å²) < 4.78 is 3.26. The summed E-state index contributed by atoms with van der Waals surface area (Å²) >= 11 is 5.91. The molecule has 150 valence electrons. The first-order valence-electron chi connectivity index (χ1n) is 9.25. The van der Waals surface area contributed by atoms with Crippen molar-refractivity contribution < 1.29 is 4.79 Å². The maximum Gasteiger partial charge on any atom is 0.276 e. The van der Waals surface area contributed by atoms with Crippen molar-refractivity contribution in [1.82, 2.24) is 24.9 Å². The molecule has 0 spiro atoms. The molecule has 4 rings (SSSR count). The Balaban J connectivity index is 1.51. The van der Waals surface area contributed by atoms with Gasteiger partial charge < -0.3 is 5.32 Å². The number of aryl methyl sites for hydroxylation is 1. The second-order valence-corrected chi connectivity index (χ2v) is 7.13. The minimum absolute atomic E-state index is 0.158. The van der Waals surface area contributed by atoms with Gasteiger partial charge in [0.15, 0.2) is 5.69 Å². The van der Waals surface area contributed by atoms with Gasteiger partial charge in [-0.25, -0.2) is 9.36 Å². The molecule has 2 aromatic carbocycles. The molecule has 0 aliphatic rings. The molecular formula is C22H18ClN5O2. The molecule has 4 aromatic rings. The standard InChI is InChI=1S/C22H18ClN5O2/c1-15-11-20(29)21(26-28(15)19-5-3-2-4-6-19)22(30)24-12-16-13-25-27(14-16)18-9-7-17(23)8-10-18/h2-11,13-14H,12H2,1H3,(H,24,30).